The first-order valence-corrected chi connectivity index (χ1v) is 7.09. The van der Waals surface area contributed by atoms with Crippen molar-refractivity contribution in [3.05, 3.63) is 52.1 Å². The van der Waals surface area contributed by atoms with Gasteiger partial charge in [-0.3, -0.25) is 4.68 Å². The zero-order valence-corrected chi connectivity index (χ0v) is 12.7. The second-order valence-electron chi connectivity index (χ2n) is 4.76. The number of aryl methyl sites for hydroxylation is 2. The van der Waals surface area contributed by atoms with Crippen LogP contribution in [0.3, 0.4) is 0 Å². The summed E-state index contributed by atoms with van der Waals surface area (Å²) in [5, 5.41) is 8.39. The Morgan fingerprint density at radius 1 is 1.35 bits per heavy atom. The Morgan fingerprint density at radius 2 is 2.00 bits per heavy atom. The van der Waals surface area contributed by atoms with Gasteiger partial charge in [0.2, 0.25) is 0 Å². The lowest BCUT2D eigenvalue weighted by molar-refractivity contribution is 0.539. The lowest BCUT2D eigenvalue weighted by Crippen LogP contribution is -2.20. The van der Waals surface area contributed by atoms with E-state index in [1.807, 2.05) is 25.6 Å². The van der Waals surface area contributed by atoms with E-state index in [0.29, 0.717) is 5.02 Å². The summed E-state index contributed by atoms with van der Waals surface area (Å²) < 4.78 is 14.9. The molecule has 1 unspecified atom stereocenters. The summed E-state index contributed by atoms with van der Waals surface area (Å²) in [4.78, 5) is 0. The van der Waals surface area contributed by atoms with E-state index < -0.39 is 0 Å². The van der Waals surface area contributed by atoms with Crippen LogP contribution < -0.4 is 5.32 Å². The molecule has 0 saturated carbocycles. The van der Waals surface area contributed by atoms with Gasteiger partial charge in [-0.25, -0.2) is 4.39 Å². The number of hydrogen-bond acceptors (Lipinski definition) is 2. The molecule has 0 aliphatic rings. The average molecular weight is 296 g/mol. The Morgan fingerprint density at radius 3 is 2.55 bits per heavy atom. The van der Waals surface area contributed by atoms with Crippen LogP contribution >= 0.6 is 11.6 Å². The van der Waals surface area contributed by atoms with Gasteiger partial charge in [-0.2, -0.15) is 5.10 Å². The molecule has 0 aliphatic heterocycles. The van der Waals surface area contributed by atoms with Gasteiger partial charge in [0.05, 0.1) is 16.4 Å². The van der Waals surface area contributed by atoms with Crippen molar-refractivity contribution in [2.24, 2.45) is 0 Å². The number of likely N-dealkylation sites (N-methyl/N-ethyl adjacent to an activating group) is 1. The van der Waals surface area contributed by atoms with Crippen LogP contribution in [0.1, 0.15) is 29.9 Å². The SMILES string of the molecule is CCn1nc(C)c(Cl)c1CC(NC)c1ccc(F)cc1. The monoisotopic (exact) mass is 295 g/mol. The fourth-order valence-electron chi connectivity index (χ4n) is 2.34. The molecule has 1 aromatic heterocycles. The van der Waals surface area contributed by atoms with Crippen molar-refractivity contribution in [2.75, 3.05) is 7.05 Å². The van der Waals surface area contributed by atoms with E-state index in [4.69, 9.17) is 11.6 Å². The van der Waals surface area contributed by atoms with E-state index in [0.717, 1.165) is 29.9 Å². The van der Waals surface area contributed by atoms with Crippen LogP contribution in [0, 0.1) is 12.7 Å². The Kier molecular flexibility index (Phi) is 4.78. The Labute approximate surface area is 123 Å². The van der Waals surface area contributed by atoms with Gasteiger partial charge in [0.1, 0.15) is 5.82 Å². The standard InChI is InChI=1S/C15H19ClFN3/c1-4-20-14(15(16)10(2)19-20)9-13(18-3)11-5-7-12(17)8-6-11/h5-8,13,18H,4,9H2,1-3H3. The van der Waals surface area contributed by atoms with Crippen molar-refractivity contribution in [3.8, 4) is 0 Å². The van der Waals surface area contributed by atoms with Gasteiger partial charge in [0.25, 0.3) is 0 Å². The molecule has 0 amide bonds. The van der Waals surface area contributed by atoms with E-state index in [1.165, 1.54) is 12.1 Å². The zero-order valence-electron chi connectivity index (χ0n) is 12.0. The van der Waals surface area contributed by atoms with Gasteiger partial charge in [0.15, 0.2) is 0 Å². The molecule has 2 aromatic rings. The van der Waals surface area contributed by atoms with Crippen molar-refractivity contribution in [1.82, 2.24) is 15.1 Å². The summed E-state index contributed by atoms with van der Waals surface area (Å²) in [6.07, 6.45) is 0.718. The van der Waals surface area contributed by atoms with Crippen molar-refractivity contribution in [1.29, 1.82) is 0 Å². The molecule has 3 nitrogen and oxygen atoms in total. The quantitative estimate of drug-likeness (QED) is 0.915. The zero-order chi connectivity index (χ0) is 14.7. The first kappa shape index (κ1) is 15.0. The third-order valence-corrected chi connectivity index (χ3v) is 3.96. The van der Waals surface area contributed by atoms with Crippen LogP contribution in [0.2, 0.25) is 5.02 Å². The van der Waals surface area contributed by atoms with Gasteiger partial charge in [0, 0.05) is 19.0 Å². The number of benzene rings is 1. The highest BCUT2D eigenvalue weighted by Gasteiger charge is 2.18. The average Bonchev–Trinajstić information content (AvgIpc) is 2.73. The number of nitrogens with zero attached hydrogens (tertiary/aromatic N) is 2. The highest BCUT2D eigenvalue weighted by molar-refractivity contribution is 6.31. The molecule has 0 saturated heterocycles. The second kappa shape index (κ2) is 6.37. The third-order valence-electron chi connectivity index (χ3n) is 3.47. The van der Waals surface area contributed by atoms with Crippen LogP contribution in [0.15, 0.2) is 24.3 Å². The van der Waals surface area contributed by atoms with E-state index in [1.54, 1.807) is 12.1 Å². The maximum Gasteiger partial charge on any atom is 0.123 e. The lowest BCUT2D eigenvalue weighted by Gasteiger charge is -2.17. The van der Waals surface area contributed by atoms with Crippen molar-refractivity contribution < 1.29 is 4.39 Å². The maximum atomic E-state index is 13.0. The fraction of sp³-hybridized carbons (Fsp3) is 0.400. The number of nitrogens with one attached hydrogen (secondary N) is 1. The molecule has 0 fully saturated rings. The molecule has 0 spiro atoms. The van der Waals surface area contributed by atoms with Gasteiger partial charge in [-0.1, -0.05) is 23.7 Å². The van der Waals surface area contributed by atoms with E-state index in [2.05, 4.69) is 10.4 Å². The Hall–Kier alpha value is -1.39. The Bertz CT molecular complexity index is 578. The Balaban J connectivity index is 2.28. The fourth-order valence-corrected chi connectivity index (χ4v) is 2.55. The van der Waals surface area contributed by atoms with Gasteiger partial charge < -0.3 is 5.32 Å². The van der Waals surface area contributed by atoms with Gasteiger partial charge in [-0.05, 0) is 38.6 Å². The van der Waals surface area contributed by atoms with Gasteiger partial charge in [-0.15, -0.1) is 0 Å². The molecular weight excluding hydrogens is 277 g/mol. The maximum absolute atomic E-state index is 13.0. The predicted octanol–water partition coefficient (Wildman–Crippen LogP) is 3.51. The normalized spacial score (nSPS) is 12.7. The molecule has 20 heavy (non-hydrogen) atoms. The molecule has 1 N–H and O–H groups in total. The summed E-state index contributed by atoms with van der Waals surface area (Å²) in [7, 11) is 1.89. The number of hydrogen-bond donors (Lipinski definition) is 1. The second-order valence-corrected chi connectivity index (χ2v) is 5.14. The summed E-state index contributed by atoms with van der Waals surface area (Å²) in [5.41, 5.74) is 2.89. The lowest BCUT2D eigenvalue weighted by atomic mass is 10.0. The molecule has 108 valence electrons. The van der Waals surface area contributed by atoms with E-state index in [-0.39, 0.29) is 11.9 Å². The van der Waals surface area contributed by atoms with Gasteiger partial charge >= 0.3 is 0 Å². The smallest absolute Gasteiger partial charge is 0.123 e. The van der Waals surface area contributed by atoms with Crippen LogP contribution in [-0.4, -0.2) is 16.8 Å². The summed E-state index contributed by atoms with van der Waals surface area (Å²) in [5.74, 6) is -0.226. The number of rotatable bonds is 5. The molecule has 1 atom stereocenters. The molecule has 0 bridgehead atoms. The van der Waals surface area contributed by atoms with Crippen LogP contribution in [-0.2, 0) is 13.0 Å². The molecule has 2 rings (SSSR count). The van der Waals surface area contributed by atoms with E-state index >= 15 is 0 Å². The number of halogens is 2. The molecule has 0 aliphatic carbocycles. The van der Waals surface area contributed by atoms with Crippen LogP contribution in [0.4, 0.5) is 4.39 Å². The van der Waals surface area contributed by atoms with Crippen molar-refractivity contribution in [2.45, 2.75) is 32.9 Å². The summed E-state index contributed by atoms with van der Waals surface area (Å²) in [6, 6.07) is 6.62. The van der Waals surface area contributed by atoms with Crippen molar-refractivity contribution in [3.63, 3.8) is 0 Å². The highest BCUT2D eigenvalue weighted by atomic mass is 35.5. The van der Waals surface area contributed by atoms with Crippen molar-refractivity contribution >= 4 is 11.6 Å². The van der Waals surface area contributed by atoms with Crippen LogP contribution in [0.5, 0.6) is 0 Å². The topological polar surface area (TPSA) is 29.9 Å². The van der Waals surface area contributed by atoms with E-state index in [9.17, 15) is 4.39 Å². The summed E-state index contributed by atoms with van der Waals surface area (Å²) >= 11 is 6.34. The molecule has 1 heterocycles. The minimum absolute atomic E-state index is 0.0782. The largest absolute Gasteiger partial charge is 0.313 e. The predicted molar refractivity (Wildman–Crippen MR) is 79.6 cm³/mol. The van der Waals surface area contributed by atoms with Crippen LogP contribution in [0.25, 0.3) is 0 Å². The minimum atomic E-state index is -0.226. The first-order valence-electron chi connectivity index (χ1n) is 6.71. The molecule has 0 radical (unpaired) electrons. The first-order chi connectivity index (χ1) is 9.56. The molecule has 1 aromatic carbocycles. The molecular formula is C15H19ClFN3. The highest BCUT2D eigenvalue weighted by Crippen LogP contribution is 2.26. The minimum Gasteiger partial charge on any atom is -0.313 e. The molecule has 5 heteroatoms. The summed E-state index contributed by atoms with van der Waals surface area (Å²) in [6.45, 7) is 4.73. The number of aromatic nitrogens is 2. The third kappa shape index (κ3) is 3.02.